The lowest BCUT2D eigenvalue weighted by Gasteiger charge is -2.48. The highest BCUT2D eigenvalue weighted by molar-refractivity contribution is 6.25. The number of anilines is 4. The molecular weight excluding hydrogens is 1220 g/mol. The van der Waals surface area contributed by atoms with E-state index in [2.05, 4.69) is 68.0 Å². The molecule has 7 heterocycles. The number of ether oxygens (including phenoxy) is 7. The molecule has 6 amide bonds. The van der Waals surface area contributed by atoms with Gasteiger partial charge in [-0.1, -0.05) is 24.6 Å². The Labute approximate surface area is 554 Å². The Hall–Kier alpha value is -7.33. The van der Waals surface area contributed by atoms with Gasteiger partial charge in [-0.05, 0) is 153 Å². The number of likely N-dealkylation sites (tertiary alicyclic amines) is 2. The van der Waals surface area contributed by atoms with Crippen LogP contribution in [-0.2, 0) is 53.0 Å². The van der Waals surface area contributed by atoms with Gasteiger partial charge in [0.05, 0.1) is 132 Å². The number of imidazole rings is 1. The molecule has 4 fully saturated rings. The van der Waals surface area contributed by atoms with Crippen LogP contribution in [-0.4, -0.2) is 221 Å². The molecule has 1 spiro atoms. The zero-order valence-corrected chi connectivity index (χ0v) is 55.5. The van der Waals surface area contributed by atoms with Crippen molar-refractivity contribution in [3.8, 4) is 11.3 Å². The van der Waals surface area contributed by atoms with Crippen LogP contribution in [0.2, 0.25) is 0 Å². The molecule has 1 aliphatic carbocycles. The Balaban J connectivity index is 0.564. The molecule has 3 aromatic carbocycles. The van der Waals surface area contributed by atoms with E-state index in [9.17, 15) is 24.0 Å². The summed E-state index contributed by atoms with van der Waals surface area (Å²) in [6.07, 6.45) is 8.96. The van der Waals surface area contributed by atoms with Crippen LogP contribution in [0.3, 0.4) is 0 Å². The number of nitrogens with zero attached hydrogens (tertiary/aromatic N) is 7. The average Bonchev–Trinajstić information content (AvgIpc) is 1.56. The molecule has 0 radical (unpaired) electrons. The first-order valence-corrected chi connectivity index (χ1v) is 33.9. The monoisotopic (exact) mass is 1310 g/mol. The standard InChI is InChI=1S/C70H92FN11O13/c1-45(2)74-65(84)52-42-57(54(71)38-47(52)5)76-64-63-58(73-44-80(63)46(3)4)43-56(75-64)48-12-13-53-60(39-48)81(50-40-49(41-50)79-19-7-6-8-20-79)69(88)70(53)16-21-78(22-17-70)23-25-90-27-29-92-31-33-94-35-37-95-36-34-93-32-30-91-28-26-89-24-18-72-55-11-9-10-51-62(55)68(87)82(67(51)86)59-14-15-61(83)77-66(59)85/h9-13,38-39,42-46,49-50,59,72H,6-8,14-37,40-41H2,1-5H3,(H,74,84)(H,75,76)(H,77,83,85)/t49-,50+,59?. The van der Waals surface area contributed by atoms with Crippen molar-refractivity contribution in [2.45, 2.75) is 128 Å². The van der Waals surface area contributed by atoms with Crippen molar-refractivity contribution in [3.63, 3.8) is 0 Å². The second kappa shape index (κ2) is 32.1. The predicted octanol–water partition coefficient (Wildman–Crippen LogP) is 7.34. The molecule has 1 unspecified atom stereocenters. The quantitative estimate of drug-likeness (QED) is 0.0232. The van der Waals surface area contributed by atoms with Crippen LogP contribution in [0.25, 0.3) is 22.3 Å². The van der Waals surface area contributed by atoms with Crippen molar-refractivity contribution in [2.75, 3.05) is 147 Å². The molecule has 1 saturated carbocycles. The number of benzene rings is 3. The van der Waals surface area contributed by atoms with Gasteiger partial charge in [0, 0.05) is 66.2 Å². The summed E-state index contributed by atoms with van der Waals surface area (Å²) in [5.74, 6) is -2.37. The third kappa shape index (κ3) is 16.1. The second-order valence-electron chi connectivity index (χ2n) is 26.0. The molecule has 5 aromatic rings. The molecule has 3 saturated heterocycles. The lowest BCUT2D eigenvalue weighted by molar-refractivity contribution is -0.136. The number of fused-ring (bicyclic) bond motifs is 4. The van der Waals surface area contributed by atoms with Crippen LogP contribution < -0.4 is 26.2 Å². The van der Waals surface area contributed by atoms with Gasteiger partial charge >= 0.3 is 0 Å². The Morgan fingerprint density at radius 1 is 0.716 bits per heavy atom. The highest BCUT2D eigenvalue weighted by Gasteiger charge is 2.56. The van der Waals surface area contributed by atoms with Crippen LogP contribution >= 0.6 is 0 Å². The van der Waals surface area contributed by atoms with Gasteiger partial charge in [0.1, 0.15) is 17.4 Å². The van der Waals surface area contributed by atoms with Gasteiger partial charge in [0.15, 0.2) is 5.82 Å². The highest BCUT2D eigenvalue weighted by Crippen LogP contribution is 2.52. The van der Waals surface area contributed by atoms with Gasteiger partial charge < -0.3 is 68.4 Å². The maximum atomic E-state index is 15.9. The normalized spacial score (nSPS) is 19.7. The molecule has 95 heavy (non-hydrogen) atoms. The van der Waals surface area contributed by atoms with Crippen LogP contribution in [0.15, 0.2) is 60.9 Å². The smallest absolute Gasteiger partial charge is 0.264 e. The van der Waals surface area contributed by atoms with Crippen molar-refractivity contribution in [1.82, 2.24) is 39.9 Å². The summed E-state index contributed by atoms with van der Waals surface area (Å²) in [5, 5.41) is 11.6. The summed E-state index contributed by atoms with van der Waals surface area (Å²) in [6.45, 7) is 20.4. The maximum Gasteiger partial charge on any atom is 0.264 e. The van der Waals surface area contributed by atoms with Gasteiger partial charge in [-0.2, -0.15) is 0 Å². The van der Waals surface area contributed by atoms with E-state index >= 15 is 9.18 Å². The molecule has 0 bridgehead atoms. The van der Waals surface area contributed by atoms with E-state index in [0.29, 0.717) is 157 Å². The number of carbonyl (C=O) groups is 6. The molecule has 24 nitrogen and oxygen atoms in total. The Morgan fingerprint density at radius 3 is 1.99 bits per heavy atom. The van der Waals surface area contributed by atoms with Crippen molar-refractivity contribution >= 4 is 69.4 Å². The average molecular weight is 1310 g/mol. The Kier molecular flexibility index (Phi) is 23.4. The van der Waals surface area contributed by atoms with E-state index in [1.807, 2.05) is 24.5 Å². The third-order valence-electron chi connectivity index (χ3n) is 18.9. The van der Waals surface area contributed by atoms with Gasteiger partial charge in [-0.3, -0.25) is 39.0 Å². The number of amides is 6. The van der Waals surface area contributed by atoms with Crippen LogP contribution in [0.1, 0.15) is 134 Å². The largest absolute Gasteiger partial charge is 0.382 e. The second-order valence-corrected chi connectivity index (χ2v) is 26.0. The van der Waals surface area contributed by atoms with Crippen molar-refractivity contribution < 1.29 is 66.3 Å². The number of hydrogen-bond acceptors (Lipinski definition) is 19. The first kappa shape index (κ1) is 69.0. The summed E-state index contributed by atoms with van der Waals surface area (Å²) in [6, 6.07) is 15.7. The third-order valence-corrected chi connectivity index (χ3v) is 18.9. The van der Waals surface area contributed by atoms with Gasteiger partial charge in [0.2, 0.25) is 17.7 Å². The topological polar surface area (TPSA) is 259 Å². The van der Waals surface area contributed by atoms with Gasteiger partial charge in [-0.25, -0.2) is 14.4 Å². The van der Waals surface area contributed by atoms with E-state index in [4.69, 9.17) is 43.1 Å². The number of aryl methyl sites for hydroxylation is 1. The maximum absolute atomic E-state index is 15.9. The summed E-state index contributed by atoms with van der Waals surface area (Å²) < 4.78 is 57.8. The molecule has 6 aliphatic rings. The molecule has 11 rings (SSSR count). The number of hydrogen-bond donors (Lipinski definition) is 4. The first-order valence-electron chi connectivity index (χ1n) is 33.9. The van der Waals surface area contributed by atoms with Gasteiger partial charge in [-0.15, -0.1) is 0 Å². The molecule has 5 aliphatic heterocycles. The minimum atomic E-state index is -1.03. The molecule has 1 atom stereocenters. The Bertz CT molecular complexity index is 3550. The van der Waals surface area contributed by atoms with E-state index in [1.54, 1.807) is 37.5 Å². The van der Waals surface area contributed by atoms with Crippen molar-refractivity contribution in [1.29, 1.82) is 0 Å². The SMILES string of the molecule is Cc1cc(F)c(Nc2nc(-c3ccc4c(c3)N([C@H]3C[C@@H](N5CCCCC5)C3)C(=O)C43CCN(CCOCCOCCOCCOCCOCCOCCOCCNc4cccc5c4C(=O)N(C4CCC(=O)NC4=O)C5=O)CC3)cc3ncn(C(C)C)c23)cc1C(=O)NC(C)C. The molecule has 4 N–H and O–H groups in total. The van der Waals surface area contributed by atoms with Crippen molar-refractivity contribution in [3.05, 3.63) is 94.6 Å². The number of carbonyl (C=O) groups excluding carboxylic acids is 6. The van der Waals surface area contributed by atoms with Crippen LogP contribution in [0.5, 0.6) is 0 Å². The number of rotatable bonds is 34. The Morgan fingerprint density at radius 2 is 1.36 bits per heavy atom. The fourth-order valence-corrected chi connectivity index (χ4v) is 13.8. The fourth-order valence-electron chi connectivity index (χ4n) is 13.8. The minimum absolute atomic E-state index is 0.0292. The molecule has 512 valence electrons. The molecule has 25 heteroatoms. The molecular formula is C70H92FN11O13. The lowest BCUT2D eigenvalue weighted by Crippen LogP contribution is -2.58. The highest BCUT2D eigenvalue weighted by atomic mass is 19.1. The van der Waals surface area contributed by atoms with Crippen molar-refractivity contribution in [2.24, 2.45) is 0 Å². The lowest BCUT2D eigenvalue weighted by atomic mass is 9.73. The number of piperidine rings is 3. The minimum Gasteiger partial charge on any atom is -0.382 e. The number of pyridine rings is 1. The number of imide groups is 2. The number of nitrogens with one attached hydrogen (secondary N) is 4. The van der Waals surface area contributed by atoms with E-state index in [-0.39, 0.29) is 59.6 Å². The zero-order valence-electron chi connectivity index (χ0n) is 55.5. The van der Waals surface area contributed by atoms with E-state index in [0.717, 1.165) is 67.3 Å². The van der Waals surface area contributed by atoms with Crippen LogP contribution in [0.4, 0.5) is 27.3 Å². The summed E-state index contributed by atoms with van der Waals surface area (Å²) >= 11 is 0. The summed E-state index contributed by atoms with van der Waals surface area (Å²) in [5.41, 5.74) is 6.17. The summed E-state index contributed by atoms with van der Waals surface area (Å²) in [4.78, 5) is 97.0. The van der Waals surface area contributed by atoms with Gasteiger partial charge in [0.25, 0.3) is 17.7 Å². The van der Waals surface area contributed by atoms with E-state index < -0.39 is 40.9 Å². The fraction of sp³-hybridized carbons (Fsp3) is 0.571. The first-order chi connectivity index (χ1) is 46.1. The number of halogens is 1. The zero-order chi connectivity index (χ0) is 66.6. The molecule has 2 aromatic heterocycles. The van der Waals surface area contributed by atoms with Crippen LogP contribution in [0, 0.1) is 12.7 Å². The predicted molar refractivity (Wildman–Crippen MR) is 355 cm³/mol. The van der Waals surface area contributed by atoms with E-state index in [1.165, 1.54) is 25.3 Å². The number of aromatic nitrogens is 3. The summed E-state index contributed by atoms with van der Waals surface area (Å²) in [7, 11) is 0.